The monoisotopic (exact) mass is 426 g/mol. The van der Waals surface area contributed by atoms with Gasteiger partial charge in [-0.1, -0.05) is 30.3 Å². The van der Waals surface area contributed by atoms with Crippen LogP contribution in [0.15, 0.2) is 59.3 Å². The number of nitrogens with two attached hydrogens (primary N) is 1. The summed E-state index contributed by atoms with van der Waals surface area (Å²) >= 11 is 0. The Balaban J connectivity index is 1.72. The highest BCUT2D eigenvalue weighted by Crippen LogP contribution is 2.47. The maximum absolute atomic E-state index is 15.4. The summed E-state index contributed by atoms with van der Waals surface area (Å²) in [5.74, 6) is -1.89. The normalized spacial score (nSPS) is 17.6. The topological polar surface area (TPSA) is 113 Å². The average Bonchev–Trinajstić information content (AvgIpc) is 3.19. The molecule has 0 bridgehead atoms. The van der Waals surface area contributed by atoms with Crippen LogP contribution in [0.4, 0.5) is 4.39 Å². The predicted octanol–water partition coefficient (Wildman–Crippen LogP) is 3.50. The molecule has 1 unspecified atom stereocenters. The number of hydrogen-bond acceptors (Lipinski definition) is 5. The fourth-order valence-corrected chi connectivity index (χ4v) is 4.52. The smallest absolute Gasteiger partial charge is 0.272 e. The van der Waals surface area contributed by atoms with Gasteiger partial charge < -0.3 is 5.73 Å². The number of H-pyrrole nitrogens is 1. The zero-order valence-corrected chi connectivity index (χ0v) is 17.2. The molecule has 2 atom stereocenters. The van der Waals surface area contributed by atoms with Gasteiger partial charge in [-0.05, 0) is 34.9 Å². The summed E-state index contributed by atoms with van der Waals surface area (Å²) in [5.41, 5.74) is 9.57. The Labute approximate surface area is 182 Å². The summed E-state index contributed by atoms with van der Waals surface area (Å²) in [6.07, 6.45) is 3.14. The number of aromatic amines is 1. The van der Waals surface area contributed by atoms with Gasteiger partial charge in [0.25, 0.3) is 5.56 Å². The van der Waals surface area contributed by atoms with E-state index in [4.69, 9.17) is 5.73 Å². The number of benzene rings is 2. The third-order valence-electron chi connectivity index (χ3n) is 6.05. The van der Waals surface area contributed by atoms with Crippen molar-refractivity contribution >= 4 is 16.8 Å². The summed E-state index contributed by atoms with van der Waals surface area (Å²) < 4.78 is 17.0. The van der Waals surface area contributed by atoms with Gasteiger partial charge in [0.05, 0.1) is 40.9 Å². The van der Waals surface area contributed by atoms with Crippen LogP contribution in [0.1, 0.15) is 34.4 Å². The minimum Gasteiger partial charge on any atom is -0.325 e. The second-order valence-corrected chi connectivity index (χ2v) is 7.77. The lowest BCUT2D eigenvalue weighted by Gasteiger charge is -2.27. The molecule has 0 saturated carbocycles. The summed E-state index contributed by atoms with van der Waals surface area (Å²) in [6, 6.07) is 14.9. The van der Waals surface area contributed by atoms with Crippen LogP contribution in [0.3, 0.4) is 0 Å². The highest BCUT2D eigenvalue weighted by molar-refractivity contribution is 5.88. The number of allylic oxidation sites excluding steroid dienone is 1. The Hall–Kier alpha value is -4.09. The largest absolute Gasteiger partial charge is 0.325 e. The van der Waals surface area contributed by atoms with Crippen LogP contribution in [0.2, 0.25) is 0 Å². The average molecular weight is 426 g/mol. The molecule has 158 valence electrons. The lowest BCUT2D eigenvalue weighted by atomic mass is 9.76. The van der Waals surface area contributed by atoms with Gasteiger partial charge in [-0.15, -0.1) is 0 Å². The van der Waals surface area contributed by atoms with Crippen LogP contribution in [0.25, 0.3) is 28.0 Å². The first-order valence-corrected chi connectivity index (χ1v) is 10.1. The molecule has 0 aliphatic heterocycles. The number of aromatic nitrogens is 4. The van der Waals surface area contributed by atoms with Crippen LogP contribution >= 0.6 is 0 Å². The number of halogens is 1. The summed E-state index contributed by atoms with van der Waals surface area (Å²) in [4.78, 5) is 12.2. The molecule has 5 rings (SSSR count). The Bertz CT molecular complexity index is 1490. The van der Waals surface area contributed by atoms with E-state index < -0.39 is 11.8 Å². The molecular formula is C24H19FN6O. The molecule has 2 aromatic heterocycles. The number of nitrogens with one attached hydrogen (secondary N) is 1. The fraction of sp³-hybridized carbons (Fsp3) is 0.167. The molecule has 3 N–H and O–H groups in total. The zero-order valence-electron chi connectivity index (χ0n) is 17.2. The van der Waals surface area contributed by atoms with Crippen molar-refractivity contribution in [1.29, 1.82) is 5.26 Å². The summed E-state index contributed by atoms with van der Waals surface area (Å²) in [5, 5.41) is 22.0. The van der Waals surface area contributed by atoms with Crippen LogP contribution in [0, 0.1) is 11.3 Å². The molecule has 2 aromatic carbocycles. The van der Waals surface area contributed by atoms with E-state index in [1.807, 2.05) is 30.3 Å². The van der Waals surface area contributed by atoms with Gasteiger partial charge in [-0.2, -0.15) is 15.5 Å². The molecule has 1 aliphatic rings. The van der Waals surface area contributed by atoms with Gasteiger partial charge >= 0.3 is 0 Å². The lowest BCUT2D eigenvalue weighted by molar-refractivity contribution is 0.497. The van der Waals surface area contributed by atoms with Gasteiger partial charge in [0.15, 0.2) is 0 Å². The van der Waals surface area contributed by atoms with Crippen molar-refractivity contribution < 1.29 is 4.39 Å². The highest BCUT2D eigenvalue weighted by Gasteiger charge is 2.37. The van der Waals surface area contributed by atoms with Crippen molar-refractivity contribution in [1.82, 2.24) is 20.0 Å². The fourth-order valence-electron chi connectivity index (χ4n) is 4.52. The number of hydrogen-bond donors (Lipinski definition) is 2. The van der Waals surface area contributed by atoms with Gasteiger partial charge in [-0.25, -0.2) is 9.49 Å². The summed E-state index contributed by atoms with van der Waals surface area (Å²) in [6.45, 7) is 0.157. The molecule has 0 fully saturated rings. The van der Waals surface area contributed by atoms with Crippen LogP contribution in [-0.4, -0.2) is 20.0 Å². The molecule has 8 heteroatoms. The van der Waals surface area contributed by atoms with Crippen LogP contribution in [0.5, 0.6) is 0 Å². The maximum atomic E-state index is 15.4. The van der Waals surface area contributed by atoms with Gasteiger partial charge in [0.2, 0.25) is 0 Å². The van der Waals surface area contributed by atoms with Gasteiger partial charge in [0.1, 0.15) is 5.83 Å². The Kier molecular flexibility index (Phi) is 4.68. The van der Waals surface area contributed by atoms with E-state index in [2.05, 4.69) is 21.4 Å². The van der Waals surface area contributed by atoms with Crippen molar-refractivity contribution in [2.24, 2.45) is 12.8 Å². The van der Waals surface area contributed by atoms with Crippen LogP contribution < -0.4 is 11.3 Å². The second kappa shape index (κ2) is 7.55. The van der Waals surface area contributed by atoms with E-state index in [0.717, 1.165) is 11.1 Å². The zero-order chi connectivity index (χ0) is 22.4. The third-order valence-corrected chi connectivity index (χ3v) is 6.05. The number of fused-ring (bicyclic) bond motifs is 2. The third kappa shape index (κ3) is 2.94. The van der Waals surface area contributed by atoms with E-state index in [9.17, 15) is 10.1 Å². The number of aryl methyl sites for hydroxylation is 1. The first-order valence-electron chi connectivity index (χ1n) is 10.1. The van der Waals surface area contributed by atoms with E-state index in [1.54, 1.807) is 30.1 Å². The Morgan fingerprint density at radius 1 is 1.25 bits per heavy atom. The highest BCUT2D eigenvalue weighted by atomic mass is 19.1. The summed E-state index contributed by atoms with van der Waals surface area (Å²) in [7, 11) is 1.74. The molecule has 2 heterocycles. The standard InChI is InChI=1S/C24H19FN6O/c1-31-23(22-18(10-26)15-5-3-2-4-13(15)9-20(22)25)19(12-28-31)14-6-7-16-17(8-14)21(11-27)29-30-24(16)32/h2-9,12,18,22H,11,27H2,1H3,(H,30,32)/t18-,22?/m1/s1. The van der Waals surface area contributed by atoms with Crippen molar-refractivity contribution in [3.05, 3.63) is 87.4 Å². The van der Waals surface area contributed by atoms with Crippen molar-refractivity contribution in [2.45, 2.75) is 18.4 Å². The van der Waals surface area contributed by atoms with Crippen molar-refractivity contribution in [3.63, 3.8) is 0 Å². The molecule has 0 saturated heterocycles. The van der Waals surface area contributed by atoms with E-state index in [-0.39, 0.29) is 17.9 Å². The van der Waals surface area contributed by atoms with E-state index in [1.165, 1.54) is 6.08 Å². The van der Waals surface area contributed by atoms with Crippen LogP contribution in [-0.2, 0) is 13.6 Å². The lowest BCUT2D eigenvalue weighted by Crippen LogP contribution is -2.19. The second-order valence-electron chi connectivity index (χ2n) is 7.77. The molecule has 0 radical (unpaired) electrons. The molecular weight excluding hydrogens is 407 g/mol. The predicted molar refractivity (Wildman–Crippen MR) is 119 cm³/mol. The van der Waals surface area contributed by atoms with Crippen molar-refractivity contribution in [2.75, 3.05) is 0 Å². The number of nitrogens with zero attached hydrogens (tertiary/aromatic N) is 4. The van der Waals surface area contributed by atoms with Gasteiger partial charge in [-0.3, -0.25) is 9.48 Å². The maximum Gasteiger partial charge on any atom is 0.272 e. The van der Waals surface area contributed by atoms with E-state index >= 15 is 4.39 Å². The minimum atomic E-state index is -0.806. The first-order chi connectivity index (χ1) is 15.5. The SMILES string of the molecule is Cn1ncc(-c2ccc3c(=O)[nH]nc(CN)c3c2)c1C1C(F)=Cc2ccccc2[C@H]1C#N. The molecule has 0 spiro atoms. The molecule has 32 heavy (non-hydrogen) atoms. The molecule has 0 amide bonds. The van der Waals surface area contributed by atoms with E-state index in [0.29, 0.717) is 33.3 Å². The first kappa shape index (κ1) is 19.8. The number of rotatable bonds is 3. The van der Waals surface area contributed by atoms with Gasteiger partial charge in [0, 0.05) is 24.5 Å². The molecule has 4 aromatic rings. The Morgan fingerprint density at radius 3 is 2.84 bits per heavy atom. The quantitative estimate of drug-likeness (QED) is 0.521. The Morgan fingerprint density at radius 2 is 2.06 bits per heavy atom. The number of nitriles is 1. The minimum absolute atomic E-state index is 0.157. The van der Waals surface area contributed by atoms with Crippen molar-refractivity contribution in [3.8, 4) is 17.2 Å². The molecule has 1 aliphatic carbocycles. The molecule has 7 nitrogen and oxygen atoms in total.